The van der Waals surface area contributed by atoms with E-state index in [9.17, 15) is 0 Å². The summed E-state index contributed by atoms with van der Waals surface area (Å²) < 4.78 is 0. The molecular formula is C24H38. The fraction of sp³-hybridized carbons (Fsp3) is 0.500. The molecule has 0 aromatic heterocycles. The Morgan fingerprint density at radius 3 is 2.00 bits per heavy atom. The van der Waals surface area contributed by atoms with E-state index in [-0.39, 0.29) is 0 Å². The van der Waals surface area contributed by atoms with E-state index >= 15 is 0 Å². The number of hydrogen-bond donors (Lipinski definition) is 0. The smallest absolute Gasteiger partial charge is 0.0279 e. The molecule has 0 radical (unpaired) electrons. The highest BCUT2D eigenvalue weighted by molar-refractivity contribution is 5.35. The first kappa shape index (κ1) is 22.4. The van der Waals surface area contributed by atoms with Crippen molar-refractivity contribution < 1.29 is 0 Å². The molecule has 0 fully saturated rings. The molecule has 1 rings (SSSR count). The van der Waals surface area contributed by atoms with E-state index in [2.05, 4.69) is 75.5 Å². The lowest BCUT2D eigenvalue weighted by Crippen LogP contribution is -1.82. The van der Waals surface area contributed by atoms with E-state index in [0.717, 1.165) is 6.42 Å². The van der Waals surface area contributed by atoms with Crippen LogP contribution in [0.2, 0.25) is 0 Å². The summed E-state index contributed by atoms with van der Waals surface area (Å²) in [5.74, 6) is 0. The van der Waals surface area contributed by atoms with E-state index in [4.69, 9.17) is 0 Å². The van der Waals surface area contributed by atoms with Gasteiger partial charge in [-0.1, -0.05) is 114 Å². The van der Waals surface area contributed by atoms with Gasteiger partial charge in [0.1, 0.15) is 0 Å². The van der Waals surface area contributed by atoms with E-state index in [0.29, 0.717) is 0 Å². The Morgan fingerprint density at radius 2 is 1.33 bits per heavy atom. The summed E-state index contributed by atoms with van der Waals surface area (Å²) in [6.45, 7) is 10.6. The Balaban J connectivity index is 0.00000254. The van der Waals surface area contributed by atoms with Gasteiger partial charge >= 0.3 is 0 Å². The SMILES string of the molecule is CC.CCCCCCCC1=C/C=C\C(C)=C/C=C(CC)\C=C\C=C\1. The van der Waals surface area contributed by atoms with Gasteiger partial charge < -0.3 is 0 Å². The molecule has 0 nitrogen and oxygen atoms in total. The highest BCUT2D eigenvalue weighted by Crippen LogP contribution is 2.14. The average molecular weight is 327 g/mol. The first-order valence-electron chi connectivity index (χ1n) is 9.85. The van der Waals surface area contributed by atoms with Crippen molar-refractivity contribution in [1.82, 2.24) is 0 Å². The Kier molecular flexibility index (Phi) is 15.2. The fourth-order valence-electron chi connectivity index (χ4n) is 2.42. The van der Waals surface area contributed by atoms with Crippen LogP contribution < -0.4 is 0 Å². The Hall–Kier alpha value is -1.56. The number of hydrogen-bond acceptors (Lipinski definition) is 0. The largest absolute Gasteiger partial charge is 0.0683 e. The minimum atomic E-state index is 1.07. The molecule has 1 aliphatic rings. The van der Waals surface area contributed by atoms with Crippen LogP contribution in [0, 0.1) is 0 Å². The molecule has 134 valence electrons. The van der Waals surface area contributed by atoms with Crippen LogP contribution in [-0.4, -0.2) is 0 Å². The van der Waals surface area contributed by atoms with Crippen LogP contribution in [0.4, 0.5) is 0 Å². The predicted octanol–water partition coefficient (Wildman–Crippen LogP) is 8.26. The van der Waals surface area contributed by atoms with Gasteiger partial charge in [0.25, 0.3) is 0 Å². The van der Waals surface area contributed by atoms with E-state index in [1.807, 2.05) is 13.8 Å². The van der Waals surface area contributed by atoms with Gasteiger partial charge in [0, 0.05) is 0 Å². The predicted molar refractivity (Wildman–Crippen MR) is 112 cm³/mol. The standard InChI is InChI=1S/C22H32.C2H6/c1-4-6-7-8-9-15-22-16-11-10-14-21(5-2)19-18-20(3)13-12-17-22;1-2/h10-14,16-19H,4-9,15H2,1-3H3;1-2H3/b11-10?,13-12-,14-10+,16-11+,17-12?,19-18?,20-13?,20-18-,21-14?,21-19-,22-16?,22-17-;. The average Bonchev–Trinajstić information content (AvgIpc) is 2.60. The van der Waals surface area contributed by atoms with Crippen LogP contribution in [0.25, 0.3) is 0 Å². The normalized spacial score (nSPS) is 25.1. The van der Waals surface area contributed by atoms with Gasteiger partial charge in [0.15, 0.2) is 0 Å². The summed E-state index contributed by atoms with van der Waals surface area (Å²) in [4.78, 5) is 0. The third-order valence-corrected chi connectivity index (χ3v) is 3.94. The second-order valence-electron chi connectivity index (χ2n) is 5.99. The first-order valence-corrected chi connectivity index (χ1v) is 9.85. The Labute approximate surface area is 151 Å². The highest BCUT2D eigenvalue weighted by atomic mass is 14.0. The molecule has 0 unspecified atom stereocenters. The van der Waals surface area contributed by atoms with Crippen LogP contribution in [0.15, 0.2) is 71.4 Å². The van der Waals surface area contributed by atoms with Gasteiger partial charge in [0.05, 0.1) is 0 Å². The molecule has 0 saturated heterocycles. The van der Waals surface area contributed by atoms with Gasteiger partial charge in [-0.15, -0.1) is 0 Å². The maximum absolute atomic E-state index is 2.27. The number of allylic oxidation sites excluding steroid dienone is 12. The van der Waals surface area contributed by atoms with Gasteiger partial charge in [-0.2, -0.15) is 0 Å². The van der Waals surface area contributed by atoms with Crippen molar-refractivity contribution in [2.24, 2.45) is 0 Å². The maximum Gasteiger partial charge on any atom is -0.0279 e. The van der Waals surface area contributed by atoms with Gasteiger partial charge in [-0.05, 0) is 37.3 Å². The molecule has 0 saturated carbocycles. The van der Waals surface area contributed by atoms with E-state index in [1.54, 1.807) is 0 Å². The quantitative estimate of drug-likeness (QED) is 0.413. The first-order chi connectivity index (χ1) is 11.8. The third kappa shape index (κ3) is 11.9. The Bertz CT molecular complexity index is 478. The second kappa shape index (κ2) is 16.3. The molecule has 1 aliphatic carbocycles. The zero-order valence-electron chi connectivity index (χ0n) is 16.6. The van der Waals surface area contributed by atoms with Crippen molar-refractivity contribution in [1.29, 1.82) is 0 Å². The highest BCUT2D eigenvalue weighted by Gasteiger charge is 1.94. The fourth-order valence-corrected chi connectivity index (χ4v) is 2.42. The zero-order chi connectivity index (χ0) is 18.0. The third-order valence-electron chi connectivity index (χ3n) is 3.94. The van der Waals surface area contributed by atoms with Crippen LogP contribution in [-0.2, 0) is 0 Å². The van der Waals surface area contributed by atoms with Crippen molar-refractivity contribution in [3.05, 3.63) is 71.4 Å². The second-order valence-corrected chi connectivity index (χ2v) is 5.99. The van der Waals surface area contributed by atoms with Crippen molar-refractivity contribution >= 4 is 0 Å². The molecule has 0 N–H and O–H groups in total. The van der Waals surface area contributed by atoms with Crippen molar-refractivity contribution in [3.63, 3.8) is 0 Å². The lowest BCUT2D eigenvalue weighted by Gasteiger charge is -2.02. The molecule has 0 heteroatoms. The lowest BCUT2D eigenvalue weighted by molar-refractivity contribution is 0.633. The monoisotopic (exact) mass is 326 g/mol. The topological polar surface area (TPSA) is 0 Å². The zero-order valence-corrected chi connectivity index (χ0v) is 16.6. The minimum absolute atomic E-state index is 1.07. The number of rotatable bonds is 7. The van der Waals surface area contributed by atoms with Crippen LogP contribution in [0.1, 0.15) is 79.6 Å². The molecule has 0 bridgehead atoms. The number of unbranched alkanes of at least 4 members (excludes halogenated alkanes) is 4. The van der Waals surface area contributed by atoms with Crippen molar-refractivity contribution in [2.75, 3.05) is 0 Å². The molecule has 24 heavy (non-hydrogen) atoms. The lowest BCUT2D eigenvalue weighted by atomic mass is 10.0. The summed E-state index contributed by atoms with van der Waals surface area (Å²) in [5.41, 5.74) is 4.08. The summed E-state index contributed by atoms with van der Waals surface area (Å²) in [6.07, 6.45) is 28.8. The molecule has 0 amide bonds. The summed E-state index contributed by atoms with van der Waals surface area (Å²) in [6, 6.07) is 0. The molecule has 0 aromatic rings. The molecule has 0 spiro atoms. The van der Waals surface area contributed by atoms with Crippen molar-refractivity contribution in [3.8, 4) is 0 Å². The molecule has 0 atom stereocenters. The van der Waals surface area contributed by atoms with E-state index in [1.165, 1.54) is 55.2 Å². The summed E-state index contributed by atoms with van der Waals surface area (Å²) in [7, 11) is 0. The minimum Gasteiger partial charge on any atom is -0.0683 e. The van der Waals surface area contributed by atoms with Crippen LogP contribution >= 0.6 is 0 Å². The van der Waals surface area contributed by atoms with Crippen molar-refractivity contribution in [2.45, 2.75) is 79.6 Å². The van der Waals surface area contributed by atoms with Crippen LogP contribution in [0.3, 0.4) is 0 Å². The molecule has 0 heterocycles. The molecule has 0 aromatic carbocycles. The Morgan fingerprint density at radius 1 is 0.667 bits per heavy atom. The molecular weight excluding hydrogens is 288 g/mol. The summed E-state index contributed by atoms with van der Waals surface area (Å²) >= 11 is 0. The van der Waals surface area contributed by atoms with Gasteiger partial charge in [0.2, 0.25) is 0 Å². The van der Waals surface area contributed by atoms with E-state index < -0.39 is 0 Å². The summed E-state index contributed by atoms with van der Waals surface area (Å²) in [5, 5.41) is 0. The van der Waals surface area contributed by atoms with Crippen LogP contribution in [0.5, 0.6) is 0 Å². The molecule has 0 aliphatic heterocycles. The maximum atomic E-state index is 2.27. The van der Waals surface area contributed by atoms with Gasteiger partial charge in [-0.25, -0.2) is 0 Å². The van der Waals surface area contributed by atoms with Gasteiger partial charge in [-0.3, -0.25) is 0 Å².